The number of nitrogens with one attached hydrogen (secondary N) is 2. The second kappa shape index (κ2) is 11.2. The van der Waals surface area contributed by atoms with Crippen LogP contribution in [-0.2, 0) is 28.8 Å². The Kier molecular flexibility index (Phi) is 7.76. The van der Waals surface area contributed by atoms with Gasteiger partial charge in [0.2, 0.25) is 11.8 Å². The molecule has 0 bridgehead atoms. The number of nitrogens with zero attached hydrogens (tertiary/aromatic N) is 2. The summed E-state index contributed by atoms with van der Waals surface area (Å²) in [6.07, 6.45) is 13.9. The molecule has 3 saturated carbocycles. The summed E-state index contributed by atoms with van der Waals surface area (Å²) in [5, 5.41) is 6.35. The van der Waals surface area contributed by atoms with Gasteiger partial charge in [-0.2, -0.15) is 0 Å². The Labute approximate surface area is 222 Å². The molecule has 6 amide bonds. The molecule has 0 aromatic heterocycles. The number of imide groups is 2. The SMILES string of the molecule is O=C(NC1CCCC(NC(=O)C2CCCC(N3C(=O)C=CC3=O)C2)C1)C1CCCC(N2C(=O)C=CC2=O)C1. The first kappa shape index (κ1) is 26.3. The highest BCUT2D eigenvalue weighted by molar-refractivity contribution is 6.13. The van der Waals surface area contributed by atoms with Crippen molar-refractivity contribution >= 4 is 35.4 Å². The van der Waals surface area contributed by atoms with Crippen LogP contribution in [0.1, 0.15) is 77.0 Å². The van der Waals surface area contributed by atoms with Crippen LogP contribution in [0.5, 0.6) is 0 Å². The molecule has 5 rings (SSSR count). The molecule has 3 fully saturated rings. The van der Waals surface area contributed by atoms with Gasteiger partial charge in [0.15, 0.2) is 0 Å². The van der Waals surface area contributed by atoms with Crippen molar-refractivity contribution in [1.82, 2.24) is 20.4 Å². The zero-order chi connectivity index (χ0) is 26.8. The number of hydrogen-bond donors (Lipinski definition) is 2. The molecule has 0 spiro atoms. The fraction of sp³-hybridized carbons (Fsp3) is 0.643. The quantitative estimate of drug-likeness (QED) is 0.506. The topological polar surface area (TPSA) is 133 Å². The van der Waals surface area contributed by atoms with Crippen molar-refractivity contribution in [2.24, 2.45) is 11.8 Å². The molecular formula is C28H36N4O6. The molecule has 3 aliphatic carbocycles. The highest BCUT2D eigenvalue weighted by Crippen LogP contribution is 2.32. The van der Waals surface area contributed by atoms with Crippen molar-refractivity contribution in [1.29, 1.82) is 0 Å². The molecule has 2 heterocycles. The van der Waals surface area contributed by atoms with Gasteiger partial charge in [-0.25, -0.2) is 0 Å². The standard InChI is InChI=1S/C28H36N4O6/c33-23-10-11-24(34)31(23)21-8-1-4-17(14-21)27(37)29-19-6-3-7-20(16-19)30-28(38)18-5-2-9-22(15-18)32-25(35)12-13-26(32)36/h10-13,17-22H,1-9,14-16H2,(H,29,37)(H,30,38). The lowest BCUT2D eigenvalue weighted by Gasteiger charge is -2.36. The van der Waals surface area contributed by atoms with Crippen molar-refractivity contribution in [3.05, 3.63) is 24.3 Å². The van der Waals surface area contributed by atoms with E-state index < -0.39 is 0 Å². The summed E-state index contributed by atoms with van der Waals surface area (Å²) >= 11 is 0. The molecule has 6 atom stereocenters. The molecule has 10 nitrogen and oxygen atoms in total. The Balaban J connectivity index is 1.10. The first-order chi connectivity index (χ1) is 18.3. The Morgan fingerprint density at radius 1 is 0.553 bits per heavy atom. The van der Waals surface area contributed by atoms with Crippen LogP contribution in [0, 0.1) is 11.8 Å². The van der Waals surface area contributed by atoms with Gasteiger partial charge in [0.25, 0.3) is 23.6 Å². The number of hydrogen-bond acceptors (Lipinski definition) is 6. The van der Waals surface area contributed by atoms with Crippen LogP contribution in [0.25, 0.3) is 0 Å². The van der Waals surface area contributed by atoms with Gasteiger partial charge < -0.3 is 10.6 Å². The van der Waals surface area contributed by atoms with Gasteiger partial charge in [0.1, 0.15) is 0 Å². The third kappa shape index (κ3) is 5.59. The predicted molar refractivity (Wildman–Crippen MR) is 136 cm³/mol. The van der Waals surface area contributed by atoms with Gasteiger partial charge in [-0.1, -0.05) is 12.8 Å². The molecular weight excluding hydrogens is 488 g/mol. The molecule has 2 aliphatic heterocycles. The third-order valence-electron chi connectivity index (χ3n) is 8.82. The Bertz CT molecular complexity index is 965. The van der Waals surface area contributed by atoms with Gasteiger partial charge in [0.05, 0.1) is 0 Å². The number of rotatable bonds is 6. The molecule has 2 N–H and O–H groups in total. The summed E-state index contributed by atoms with van der Waals surface area (Å²) < 4.78 is 0. The average Bonchev–Trinajstić information content (AvgIpc) is 3.43. The van der Waals surface area contributed by atoms with Gasteiger partial charge in [-0.15, -0.1) is 0 Å². The summed E-state index contributed by atoms with van der Waals surface area (Å²) in [4.78, 5) is 77.1. The van der Waals surface area contributed by atoms with E-state index in [1.165, 1.54) is 34.1 Å². The lowest BCUT2D eigenvalue weighted by atomic mass is 9.83. The summed E-state index contributed by atoms with van der Waals surface area (Å²) in [6.45, 7) is 0. The molecule has 0 radical (unpaired) electrons. The van der Waals surface area contributed by atoms with E-state index in [0.717, 1.165) is 57.8 Å². The van der Waals surface area contributed by atoms with Crippen molar-refractivity contribution in [2.45, 2.75) is 101 Å². The fourth-order valence-electron chi connectivity index (χ4n) is 6.91. The summed E-state index contributed by atoms with van der Waals surface area (Å²) in [5.74, 6) is -1.76. The largest absolute Gasteiger partial charge is 0.353 e. The zero-order valence-corrected chi connectivity index (χ0v) is 21.6. The van der Waals surface area contributed by atoms with Crippen molar-refractivity contribution in [3.63, 3.8) is 0 Å². The highest BCUT2D eigenvalue weighted by atomic mass is 16.2. The molecule has 38 heavy (non-hydrogen) atoms. The Morgan fingerprint density at radius 2 is 0.921 bits per heavy atom. The number of carbonyl (C=O) groups is 6. The lowest BCUT2D eigenvalue weighted by molar-refractivity contribution is -0.143. The third-order valence-corrected chi connectivity index (χ3v) is 8.82. The maximum atomic E-state index is 13.1. The Morgan fingerprint density at radius 3 is 1.32 bits per heavy atom. The number of carbonyl (C=O) groups excluding carboxylic acids is 6. The summed E-state index contributed by atoms with van der Waals surface area (Å²) in [7, 11) is 0. The van der Waals surface area contributed by atoms with E-state index in [-0.39, 0.29) is 71.4 Å². The fourth-order valence-corrected chi connectivity index (χ4v) is 6.91. The first-order valence-electron chi connectivity index (χ1n) is 14.0. The van der Waals surface area contributed by atoms with Crippen molar-refractivity contribution in [2.75, 3.05) is 0 Å². The van der Waals surface area contributed by atoms with Gasteiger partial charge in [-0.05, 0) is 64.2 Å². The van der Waals surface area contributed by atoms with E-state index in [2.05, 4.69) is 10.6 Å². The summed E-state index contributed by atoms with van der Waals surface area (Å²) in [5.41, 5.74) is 0. The van der Waals surface area contributed by atoms with Gasteiger partial charge in [0, 0.05) is 60.3 Å². The number of amides is 6. The minimum atomic E-state index is -0.300. The molecule has 5 aliphatic rings. The Hall–Kier alpha value is -3.30. The minimum absolute atomic E-state index is 0.0383. The van der Waals surface area contributed by atoms with Crippen LogP contribution < -0.4 is 10.6 Å². The second-order valence-corrected chi connectivity index (χ2v) is 11.4. The van der Waals surface area contributed by atoms with E-state index in [1.807, 2.05) is 0 Å². The molecule has 10 heteroatoms. The highest BCUT2D eigenvalue weighted by Gasteiger charge is 2.39. The van der Waals surface area contributed by atoms with E-state index in [0.29, 0.717) is 19.3 Å². The van der Waals surface area contributed by atoms with E-state index in [9.17, 15) is 28.8 Å². The van der Waals surface area contributed by atoms with Crippen molar-refractivity contribution in [3.8, 4) is 0 Å². The zero-order valence-electron chi connectivity index (χ0n) is 21.6. The molecule has 6 unspecified atom stereocenters. The van der Waals surface area contributed by atoms with Crippen LogP contribution in [0.4, 0.5) is 0 Å². The molecule has 204 valence electrons. The normalized spacial score (nSPS) is 33.7. The molecule has 0 aromatic carbocycles. The predicted octanol–water partition coefficient (Wildman–Crippen LogP) is 1.50. The molecule has 0 saturated heterocycles. The maximum Gasteiger partial charge on any atom is 0.253 e. The maximum absolute atomic E-state index is 13.1. The molecule has 0 aromatic rings. The first-order valence-corrected chi connectivity index (χ1v) is 14.0. The average molecular weight is 525 g/mol. The van der Waals surface area contributed by atoms with Crippen LogP contribution in [-0.4, -0.2) is 69.4 Å². The van der Waals surface area contributed by atoms with Crippen molar-refractivity contribution < 1.29 is 28.8 Å². The van der Waals surface area contributed by atoms with Crippen LogP contribution in [0.3, 0.4) is 0 Å². The van der Waals surface area contributed by atoms with Crippen LogP contribution >= 0.6 is 0 Å². The second-order valence-electron chi connectivity index (χ2n) is 11.4. The van der Waals surface area contributed by atoms with Gasteiger partial charge >= 0.3 is 0 Å². The van der Waals surface area contributed by atoms with Crippen LogP contribution in [0.2, 0.25) is 0 Å². The van der Waals surface area contributed by atoms with E-state index >= 15 is 0 Å². The summed E-state index contributed by atoms with van der Waals surface area (Å²) in [6, 6.07) is -0.560. The monoisotopic (exact) mass is 524 g/mol. The minimum Gasteiger partial charge on any atom is -0.353 e. The van der Waals surface area contributed by atoms with Crippen LogP contribution in [0.15, 0.2) is 24.3 Å². The lowest BCUT2D eigenvalue weighted by Crippen LogP contribution is -2.51. The van der Waals surface area contributed by atoms with E-state index in [4.69, 9.17) is 0 Å². The van der Waals surface area contributed by atoms with Gasteiger partial charge in [-0.3, -0.25) is 38.6 Å². The van der Waals surface area contributed by atoms with E-state index in [1.54, 1.807) is 0 Å². The smallest absolute Gasteiger partial charge is 0.253 e.